The Morgan fingerprint density at radius 3 is 3.00 bits per heavy atom. The first kappa shape index (κ1) is 15.2. The summed E-state index contributed by atoms with van der Waals surface area (Å²) in [5.41, 5.74) is 5.08. The molecule has 1 saturated carbocycles. The van der Waals surface area contributed by atoms with Crippen molar-refractivity contribution in [1.82, 2.24) is 4.90 Å². The van der Waals surface area contributed by atoms with E-state index in [0.717, 1.165) is 24.1 Å². The summed E-state index contributed by atoms with van der Waals surface area (Å²) in [6.07, 6.45) is 0.838. The van der Waals surface area contributed by atoms with Crippen LogP contribution in [-0.4, -0.2) is 66.1 Å². The average Bonchev–Trinajstić information content (AvgIpc) is 3.21. The van der Waals surface area contributed by atoms with Crippen molar-refractivity contribution in [1.29, 1.82) is 0 Å². The number of methoxy groups -OCH3 is 1. The van der Waals surface area contributed by atoms with Crippen molar-refractivity contribution in [3.05, 3.63) is 23.3 Å². The van der Waals surface area contributed by atoms with Crippen molar-refractivity contribution in [2.75, 3.05) is 20.7 Å². The number of carbonyl (C=O) groups excluding carboxylic acids is 1. The van der Waals surface area contributed by atoms with E-state index in [1.54, 1.807) is 7.11 Å². The van der Waals surface area contributed by atoms with Gasteiger partial charge in [0.15, 0.2) is 17.6 Å². The largest absolute Gasteiger partial charge is 0.493 e. The number of amides is 1. The quantitative estimate of drug-likeness (QED) is 0.706. The number of likely N-dealkylation sites (N-methyl/N-ethyl adjacent to an activating group) is 1. The van der Waals surface area contributed by atoms with E-state index in [0.29, 0.717) is 24.3 Å². The smallest absolute Gasteiger partial charge is 0.256 e. The van der Waals surface area contributed by atoms with E-state index in [4.69, 9.17) is 19.9 Å². The van der Waals surface area contributed by atoms with Crippen molar-refractivity contribution >= 4 is 5.91 Å². The number of nitrogens with two attached hydrogens (primary N) is 1. The Labute approximate surface area is 151 Å². The molecule has 1 amide bonds. The van der Waals surface area contributed by atoms with Gasteiger partial charge in [-0.05, 0) is 38.1 Å². The summed E-state index contributed by atoms with van der Waals surface area (Å²) in [6, 6.07) is 3.93. The number of rotatable bonds is 2. The van der Waals surface area contributed by atoms with Gasteiger partial charge in [0.2, 0.25) is 5.60 Å². The average molecular weight is 358 g/mol. The number of nitrogens with zero attached hydrogens (tertiary/aromatic N) is 1. The predicted molar refractivity (Wildman–Crippen MR) is 90.2 cm³/mol. The maximum absolute atomic E-state index is 12.4. The highest BCUT2D eigenvalue weighted by Crippen LogP contribution is 2.71. The summed E-state index contributed by atoms with van der Waals surface area (Å²) in [5.74, 6) is 0.774. The molecule has 2 aliphatic carbocycles. The molecule has 6 rings (SSSR count). The zero-order valence-corrected chi connectivity index (χ0v) is 14.8. The van der Waals surface area contributed by atoms with Crippen LogP contribution in [0.1, 0.15) is 24.0 Å². The van der Waals surface area contributed by atoms with Gasteiger partial charge in [-0.3, -0.25) is 4.79 Å². The molecular weight excluding hydrogens is 336 g/mol. The van der Waals surface area contributed by atoms with Crippen LogP contribution in [0.4, 0.5) is 0 Å². The first-order valence-electron chi connectivity index (χ1n) is 9.17. The molecule has 1 aromatic carbocycles. The molecule has 3 aliphatic heterocycles. The molecule has 3 fully saturated rings. The minimum absolute atomic E-state index is 0.0377. The number of primary amides is 1. The summed E-state index contributed by atoms with van der Waals surface area (Å²) in [6.45, 7) is 0.822. The minimum atomic E-state index is -1.15. The molecule has 26 heavy (non-hydrogen) atoms. The topological polar surface area (TPSA) is 97.5 Å². The van der Waals surface area contributed by atoms with Crippen LogP contribution < -0.4 is 15.2 Å². The molecule has 5 aliphatic rings. The Morgan fingerprint density at radius 2 is 2.27 bits per heavy atom. The molecule has 7 heteroatoms. The Balaban J connectivity index is 1.69. The number of benzene rings is 1. The number of epoxide rings is 1. The van der Waals surface area contributed by atoms with Gasteiger partial charge >= 0.3 is 0 Å². The predicted octanol–water partition coefficient (Wildman–Crippen LogP) is -0.288. The maximum atomic E-state index is 12.4. The van der Waals surface area contributed by atoms with E-state index >= 15 is 0 Å². The molecule has 0 radical (unpaired) electrons. The van der Waals surface area contributed by atoms with E-state index < -0.39 is 28.6 Å². The van der Waals surface area contributed by atoms with Gasteiger partial charge in [0.25, 0.3) is 5.91 Å². The minimum Gasteiger partial charge on any atom is -0.493 e. The summed E-state index contributed by atoms with van der Waals surface area (Å²) >= 11 is 0. The first-order valence-corrected chi connectivity index (χ1v) is 9.17. The maximum Gasteiger partial charge on any atom is 0.256 e. The lowest BCUT2D eigenvalue weighted by Crippen LogP contribution is -2.78. The fourth-order valence-electron chi connectivity index (χ4n) is 6.54. The fourth-order valence-corrected chi connectivity index (χ4v) is 6.54. The van der Waals surface area contributed by atoms with Crippen molar-refractivity contribution in [2.24, 2.45) is 5.73 Å². The van der Waals surface area contributed by atoms with Gasteiger partial charge in [0, 0.05) is 18.0 Å². The number of carbonyl (C=O) groups is 1. The highest BCUT2D eigenvalue weighted by molar-refractivity contribution is 5.90. The number of ether oxygens (including phenoxy) is 3. The van der Waals surface area contributed by atoms with Crippen LogP contribution in [0.5, 0.6) is 11.5 Å². The van der Waals surface area contributed by atoms with Crippen LogP contribution in [0.3, 0.4) is 0 Å². The molecule has 7 nitrogen and oxygen atoms in total. The number of piperidine rings is 1. The molecule has 3 heterocycles. The lowest BCUT2D eigenvalue weighted by molar-refractivity contribution is -0.183. The highest BCUT2D eigenvalue weighted by atomic mass is 16.7. The van der Waals surface area contributed by atoms with E-state index in [2.05, 4.69) is 18.0 Å². The molecule has 1 aromatic rings. The zero-order valence-electron chi connectivity index (χ0n) is 14.8. The summed E-state index contributed by atoms with van der Waals surface area (Å²) in [7, 11) is 3.66. The van der Waals surface area contributed by atoms with Crippen molar-refractivity contribution in [2.45, 2.75) is 54.1 Å². The first-order chi connectivity index (χ1) is 12.4. The number of fused-ring (bicyclic) bond motifs is 2. The van der Waals surface area contributed by atoms with Crippen LogP contribution in [0.2, 0.25) is 0 Å². The summed E-state index contributed by atoms with van der Waals surface area (Å²) in [4.78, 5) is 14.6. The summed E-state index contributed by atoms with van der Waals surface area (Å²) in [5, 5.41) is 12.0. The van der Waals surface area contributed by atoms with Crippen LogP contribution in [0, 0.1) is 0 Å². The number of hydrogen-bond donors (Lipinski definition) is 2. The SMILES string of the molecule is COc1ccc2c3c1O[C@H]1[C@]4(C(N)=O)O[C@@H]4C[C@@]4(O)[C@H](C2)N(C)CC[C@]314. The van der Waals surface area contributed by atoms with Crippen molar-refractivity contribution in [3.63, 3.8) is 0 Å². The lowest BCUT2D eigenvalue weighted by Gasteiger charge is -2.62. The number of aliphatic hydroxyl groups is 1. The van der Waals surface area contributed by atoms with E-state index in [1.165, 1.54) is 0 Å². The molecular formula is C19H22N2O5. The third-order valence-electron chi connectivity index (χ3n) is 7.71. The van der Waals surface area contributed by atoms with E-state index in [-0.39, 0.29) is 12.1 Å². The van der Waals surface area contributed by atoms with Crippen LogP contribution in [-0.2, 0) is 21.4 Å². The van der Waals surface area contributed by atoms with Gasteiger partial charge in [-0.1, -0.05) is 6.07 Å². The highest BCUT2D eigenvalue weighted by Gasteiger charge is 2.85. The molecule has 6 atom stereocenters. The van der Waals surface area contributed by atoms with Gasteiger partial charge in [0.1, 0.15) is 6.10 Å². The molecule has 2 bridgehead atoms. The van der Waals surface area contributed by atoms with Gasteiger partial charge in [0.05, 0.1) is 18.1 Å². The Morgan fingerprint density at radius 1 is 1.46 bits per heavy atom. The Bertz CT molecular complexity index is 874. The van der Waals surface area contributed by atoms with Crippen molar-refractivity contribution in [3.8, 4) is 11.5 Å². The fraction of sp³-hybridized carbons (Fsp3) is 0.632. The molecule has 3 N–H and O–H groups in total. The normalized spacial score (nSPS) is 46.8. The number of hydrogen-bond acceptors (Lipinski definition) is 6. The second kappa shape index (κ2) is 4.18. The third-order valence-corrected chi connectivity index (χ3v) is 7.71. The van der Waals surface area contributed by atoms with Crippen LogP contribution in [0.15, 0.2) is 12.1 Å². The zero-order chi connectivity index (χ0) is 18.1. The third kappa shape index (κ3) is 1.28. The summed E-state index contributed by atoms with van der Waals surface area (Å²) < 4.78 is 17.8. The van der Waals surface area contributed by atoms with Gasteiger partial charge in [-0.15, -0.1) is 0 Å². The number of likely N-dealkylation sites (tertiary alicyclic amines) is 1. The van der Waals surface area contributed by atoms with Crippen LogP contribution >= 0.6 is 0 Å². The van der Waals surface area contributed by atoms with Gasteiger partial charge < -0.3 is 30.0 Å². The van der Waals surface area contributed by atoms with E-state index in [9.17, 15) is 9.90 Å². The van der Waals surface area contributed by atoms with Crippen molar-refractivity contribution < 1.29 is 24.1 Å². The van der Waals surface area contributed by atoms with E-state index in [1.807, 2.05) is 6.07 Å². The van der Waals surface area contributed by atoms with Gasteiger partial charge in [-0.25, -0.2) is 0 Å². The molecule has 2 saturated heterocycles. The second-order valence-corrected chi connectivity index (χ2v) is 8.44. The standard InChI is InChI=1S/C19H22N2O5/c1-21-6-5-17-13-9-3-4-10(24-2)14(13)25-15(17)19(16(20)22)12(26-19)8-18(17,23)11(21)7-9/h3-4,11-12,15,23H,5-8H2,1-2H3,(H2,20,22)/t11-,12+,15+,17-,18+,19+/m0/s1. The second-order valence-electron chi connectivity index (χ2n) is 8.44. The molecule has 1 spiro atoms. The lowest BCUT2D eigenvalue weighted by atomic mass is 9.47. The molecule has 0 unspecified atom stereocenters. The Kier molecular flexibility index (Phi) is 2.45. The van der Waals surface area contributed by atoms with Crippen LogP contribution in [0.25, 0.3) is 0 Å². The molecule has 0 aromatic heterocycles. The van der Waals surface area contributed by atoms with Gasteiger partial charge in [-0.2, -0.15) is 0 Å². The monoisotopic (exact) mass is 358 g/mol. The molecule has 138 valence electrons. The Hall–Kier alpha value is -1.83.